The van der Waals surface area contributed by atoms with Crippen LogP contribution in [-0.4, -0.2) is 37.6 Å². The molecule has 2 heterocycles. The second-order valence-corrected chi connectivity index (χ2v) is 8.00. The molecule has 0 spiro atoms. The predicted molar refractivity (Wildman–Crippen MR) is 111 cm³/mol. The first-order valence-corrected chi connectivity index (χ1v) is 10.1. The lowest BCUT2D eigenvalue weighted by molar-refractivity contribution is -0.135. The first kappa shape index (κ1) is 20.0. The molecule has 3 aromatic carbocycles. The number of carbonyl (C=O) groups is 1. The number of esters is 1. The van der Waals surface area contributed by atoms with Crippen molar-refractivity contribution in [2.45, 2.75) is 31.0 Å². The van der Waals surface area contributed by atoms with Crippen LogP contribution in [0, 0.1) is 0 Å². The van der Waals surface area contributed by atoms with Gasteiger partial charge in [-0.15, -0.1) is 0 Å². The maximum atomic E-state index is 12.3. The van der Waals surface area contributed by atoms with E-state index in [1.54, 1.807) is 12.1 Å². The number of rotatable bonds is 2. The van der Waals surface area contributed by atoms with Crippen LogP contribution in [0.4, 0.5) is 0 Å². The number of aliphatic hydroxyl groups is 1. The summed E-state index contributed by atoms with van der Waals surface area (Å²) in [6, 6.07) is 11.9. The van der Waals surface area contributed by atoms with Crippen molar-refractivity contribution >= 4 is 5.97 Å². The number of aromatic hydroxyl groups is 4. The first-order valence-electron chi connectivity index (χ1n) is 10.1. The highest BCUT2D eigenvalue weighted by Gasteiger charge is 2.40. The molecule has 0 aliphatic carbocycles. The Bertz CT molecular complexity index is 1220. The van der Waals surface area contributed by atoms with Crippen LogP contribution in [0.2, 0.25) is 0 Å². The molecule has 3 aromatic rings. The lowest BCUT2D eigenvalue weighted by atomic mass is 9.82. The molecule has 3 atom stereocenters. The Morgan fingerprint density at radius 3 is 2.25 bits per heavy atom. The number of benzene rings is 3. The number of aliphatic hydroxyl groups excluding tert-OH is 1. The SMILES string of the molecule is O=C1C[C@H](c2ccc(O)cc2)c2c(cc(O)c3c2O[C@H](c2ccc(O)c(O)c2)[C@H](O)C3)O1. The lowest BCUT2D eigenvalue weighted by Crippen LogP contribution is -2.32. The van der Waals surface area contributed by atoms with Crippen molar-refractivity contribution in [2.75, 3.05) is 0 Å². The minimum Gasteiger partial charge on any atom is -0.508 e. The molecule has 0 saturated heterocycles. The number of hydrogen-bond acceptors (Lipinski definition) is 8. The minimum atomic E-state index is -1.03. The molecule has 0 unspecified atom stereocenters. The molecule has 5 N–H and O–H groups in total. The molecule has 0 aromatic heterocycles. The highest BCUT2D eigenvalue weighted by atomic mass is 16.5. The molecule has 0 saturated carbocycles. The molecule has 5 rings (SSSR count). The summed E-state index contributed by atoms with van der Waals surface area (Å²) in [7, 11) is 0. The Morgan fingerprint density at radius 2 is 1.53 bits per heavy atom. The van der Waals surface area contributed by atoms with E-state index in [4.69, 9.17) is 9.47 Å². The number of fused-ring (bicyclic) bond motifs is 3. The lowest BCUT2D eigenvalue weighted by Gasteiger charge is -2.36. The second-order valence-electron chi connectivity index (χ2n) is 8.00. The predicted octanol–water partition coefficient (Wildman–Crippen LogP) is 2.99. The van der Waals surface area contributed by atoms with Gasteiger partial charge < -0.3 is 35.0 Å². The average molecular weight is 436 g/mol. The van der Waals surface area contributed by atoms with Gasteiger partial charge >= 0.3 is 5.97 Å². The van der Waals surface area contributed by atoms with Gasteiger partial charge in [0.05, 0.1) is 12.5 Å². The summed E-state index contributed by atoms with van der Waals surface area (Å²) in [4.78, 5) is 12.3. The van der Waals surface area contributed by atoms with Gasteiger partial charge in [-0.25, -0.2) is 0 Å². The zero-order chi connectivity index (χ0) is 22.6. The van der Waals surface area contributed by atoms with E-state index in [1.807, 2.05) is 0 Å². The van der Waals surface area contributed by atoms with Gasteiger partial charge in [0.2, 0.25) is 0 Å². The number of phenols is 4. The monoisotopic (exact) mass is 436 g/mol. The molecule has 2 aliphatic rings. The van der Waals surface area contributed by atoms with Gasteiger partial charge in [-0.1, -0.05) is 18.2 Å². The first-order chi connectivity index (χ1) is 15.3. The third kappa shape index (κ3) is 3.25. The molecular formula is C24H20O8. The summed E-state index contributed by atoms with van der Waals surface area (Å²) < 4.78 is 11.6. The van der Waals surface area contributed by atoms with Crippen molar-refractivity contribution in [1.29, 1.82) is 0 Å². The molecule has 0 fully saturated rings. The molecule has 164 valence electrons. The van der Waals surface area contributed by atoms with Crippen LogP contribution >= 0.6 is 0 Å². The molecule has 8 heteroatoms. The largest absolute Gasteiger partial charge is 0.508 e. The van der Waals surface area contributed by atoms with Crippen LogP contribution < -0.4 is 9.47 Å². The Balaban J connectivity index is 1.65. The van der Waals surface area contributed by atoms with E-state index in [0.29, 0.717) is 22.4 Å². The summed E-state index contributed by atoms with van der Waals surface area (Å²) in [5.41, 5.74) is 2.13. The fourth-order valence-electron chi connectivity index (χ4n) is 4.38. The van der Waals surface area contributed by atoms with Crippen molar-refractivity contribution < 1.29 is 39.8 Å². The molecule has 0 bridgehead atoms. The van der Waals surface area contributed by atoms with E-state index < -0.39 is 24.1 Å². The van der Waals surface area contributed by atoms with E-state index >= 15 is 0 Å². The van der Waals surface area contributed by atoms with Crippen LogP contribution in [-0.2, 0) is 11.2 Å². The second kappa shape index (κ2) is 7.35. The zero-order valence-corrected chi connectivity index (χ0v) is 16.7. The summed E-state index contributed by atoms with van der Waals surface area (Å²) >= 11 is 0. The van der Waals surface area contributed by atoms with Crippen molar-refractivity contribution in [3.63, 3.8) is 0 Å². The third-order valence-corrected chi connectivity index (χ3v) is 5.94. The smallest absolute Gasteiger partial charge is 0.312 e. The van der Waals surface area contributed by atoms with Crippen molar-refractivity contribution in [3.8, 4) is 34.5 Å². The fourth-order valence-corrected chi connectivity index (χ4v) is 4.38. The molecule has 2 aliphatic heterocycles. The third-order valence-electron chi connectivity index (χ3n) is 5.94. The Kier molecular flexibility index (Phi) is 4.60. The Hall–Kier alpha value is -3.91. The van der Waals surface area contributed by atoms with E-state index in [1.165, 1.54) is 36.4 Å². The topological polar surface area (TPSA) is 137 Å². The highest BCUT2D eigenvalue weighted by molar-refractivity contribution is 5.80. The van der Waals surface area contributed by atoms with Crippen LogP contribution in [0.15, 0.2) is 48.5 Å². The van der Waals surface area contributed by atoms with E-state index in [2.05, 4.69) is 0 Å². The van der Waals surface area contributed by atoms with E-state index in [-0.39, 0.29) is 41.6 Å². The van der Waals surface area contributed by atoms with E-state index in [0.717, 1.165) is 5.56 Å². The van der Waals surface area contributed by atoms with Gasteiger partial charge in [-0.05, 0) is 35.4 Å². The molecule has 0 radical (unpaired) electrons. The highest BCUT2D eigenvalue weighted by Crippen LogP contribution is 2.52. The molecular weight excluding hydrogens is 416 g/mol. The van der Waals surface area contributed by atoms with Crippen LogP contribution in [0.3, 0.4) is 0 Å². The van der Waals surface area contributed by atoms with Gasteiger partial charge in [0.25, 0.3) is 0 Å². The van der Waals surface area contributed by atoms with Gasteiger partial charge in [0.15, 0.2) is 11.5 Å². The normalized spacial score (nSPS) is 21.8. The minimum absolute atomic E-state index is 0.0333. The average Bonchev–Trinajstić information content (AvgIpc) is 2.75. The zero-order valence-electron chi connectivity index (χ0n) is 16.7. The maximum Gasteiger partial charge on any atom is 0.312 e. The summed E-state index contributed by atoms with van der Waals surface area (Å²) in [5, 5.41) is 50.4. The summed E-state index contributed by atoms with van der Waals surface area (Å²) in [5.74, 6) is -1.17. The van der Waals surface area contributed by atoms with Crippen molar-refractivity contribution in [3.05, 3.63) is 70.8 Å². The molecule has 32 heavy (non-hydrogen) atoms. The maximum absolute atomic E-state index is 12.3. The van der Waals surface area contributed by atoms with Gasteiger partial charge in [0.1, 0.15) is 29.1 Å². The quantitative estimate of drug-likeness (QED) is 0.235. The van der Waals surface area contributed by atoms with Crippen LogP contribution in [0.5, 0.6) is 34.5 Å². The summed E-state index contributed by atoms with van der Waals surface area (Å²) in [6.45, 7) is 0. The number of hydrogen-bond donors (Lipinski definition) is 5. The number of ether oxygens (including phenoxy) is 2. The number of phenolic OH excluding ortho intramolecular Hbond substituents is 4. The number of carbonyl (C=O) groups excluding carboxylic acids is 1. The molecule has 0 amide bonds. The van der Waals surface area contributed by atoms with Crippen LogP contribution in [0.1, 0.15) is 40.7 Å². The van der Waals surface area contributed by atoms with Gasteiger partial charge in [0, 0.05) is 29.5 Å². The molecule has 8 nitrogen and oxygen atoms in total. The standard InChI is InChI=1S/C24H20O8/c25-13-4-1-11(2-5-13)14-9-21(30)31-20-10-17(27)15-8-19(29)23(32-24(15)22(14)20)12-3-6-16(26)18(28)7-12/h1-7,10,14,19,23,25-29H,8-9H2/t14-,19-,23-/m1/s1. The van der Waals surface area contributed by atoms with Crippen LogP contribution in [0.25, 0.3) is 0 Å². The van der Waals surface area contributed by atoms with Gasteiger partial charge in [-0.3, -0.25) is 4.79 Å². The Morgan fingerprint density at radius 1 is 0.812 bits per heavy atom. The summed E-state index contributed by atoms with van der Waals surface area (Å²) in [6.07, 6.45) is -1.82. The fraction of sp³-hybridized carbons (Fsp3) is 0.208. The van der Waals surface area contributed by atoms with Gasteiger partial charge in [-0.2, -0.15) is 0 Å². The Labute approximate surface area is 182 Å². The van der Waals surface area contributed by atoms with E-state index in [9.17, 15) is 30.3 Å². The van der Waals surface area contributed by atoms with Crippen molar-refractivity contribution in [1.82, 2.24) is 0 Å². The van der Waals surface area contributed by atoms with Crippen molar-refractivity contribution in [2.24, 2.45) is 0 Å².